The van der Waals surface area contributed by atoms with Crippen molar-refractivity contribution in [1.82, 2.24) is 9.47 Å². The first-order valence-corrected chi connectivity index (χ1v) is 12.2. The third-order valence-corrected chi connectivity index (χ3v) is 7.44. The van der Waals surface area contributed by atoms with Crippen LogP contribution in [0.5, 0.6) is 0 Å². The van der Waals surface area contributed by atoms with E-state index in [2.05, 4.69) is 69.2 Å². The number of morpholine rings is 1. The molecule has 1 aliphatic carbocycles. The number of benzene rings is 2. The summed E-state index contributed by atoms with van der Waals surface area (Å²) in [5, 5.41) is 1.05. The third-order valence-electron chi connectivity index (χ3n) is 6.95. The molecular weight excluding hydrogens is 452 g/mol. The molecule has 5 heteroatoms. The number of hydrogen-bond acceptors (Lipinski definition) is 2. The van der Waals surface area contributed by atoms with Crippen LogP contribution in [0.4, 0.5) is 0 Å². The number of halogens is 1. The molecule has 1 saturated carbocycles. The fourth-order valence-corrected chi connectivity index (χ4v) is 5.55. The van der Waals surface area contributed by atoms with Crippen LogP contribution in [0.2, 0.25) is 0 Å². The van der Waals surface area contributed by atoms with Crippen LogP contribution in [0.1, 0.15) is 47.5 Å². The Hall–Kier alpha value is -2.11. The van der Waals surface area contributed by atoms with Crippen LogP contribution < -0.4 is 0 Å². The second-order valence-electron chi connectivity index (χ2n) is 8.89. The van der Waals surface area contributed by atoms with Gasteiger partial charge in [-0.2, -0.15) is 0 Å². The minimum atomic E-state index is 0.127. The standard InChI is InChI=1S/C26H29BrN2O2/c27-22-10-11-23-24(26(30)28-12-14-31-15-13-28)18-29(25(23)16-22)17-19-6-8-21(9-7-19)20-4-2-1-3-5-20/h1-5,10-11,16,18-19,21H,6-9,12-15,17H2. The van der Waals surface area contributed by atoms with Gasteiger partial charge in [0.25, 0.3) is 5.91 Å². The monoisotopic (exact) mass is 480 g/mol. The molecule has 1 aliphatic heterocycles. The summed E-state index contributed by atoms with van der Waals surface area (Å²) in [6.45, 7) is 3.57. The maximum Gasteiger partial charge on any atom is 0.256 e. The molecule has 2 fully saturated rings. The van der Waals surface area contributed by atoms with Crippen LogP contribution in [0.15, 0.2) is 59.2 Å². The average Bonchev–Trinajstić information content (AvgIpc) is 3.17. The zero-order chi connectivity index (χ0) is 21.2. The van der Waals surface area contributed by atoms with Crippen molar-refractivity contribution < 1.29 is 9.53 Å². The van der Waals surface area contributed by atoms with Crippen molar-refractivity contribution in [2.75, 3.05) is 26.3 Å². The van der Waals surface area contributed by atoms with Gasteiger partial charge in [-0.3, -0.25) is 4.79 Å². The number of rotatable bonds is 4. The van der Waals surface area contributed by atoms with Crippen LogP contribution in [0.25, 0.3) is 10.9 Å². The maximum atomic E-state index is 13.2. The topological polar surface area (TPSA) is 34.5 Å². The van der Waals surface area contributed by atoms with E-state index in [1.165, 1.54) is 31.2 Å². The van der Waals surface area contributed by atoms with Gasteiger partial charge in [0, 0.05) is 41.2 Å². The second-order valence-corrected chi connectivity index (χ2v) is 9.81. The Labute approximate surface area is 192 Å². The zero-order valence-electron chi connectivity index (χ0n) is 17.8. The summed E-state index contributed by atoms with van der Waals surface area (Å²) in [7, 11) is 0. The highest BCUT2D eigenvalue weighted by molar-refractivity contribution is 9.10. The first kappa shape index (κ1) is 20.8. The van der Waals surface area contributed by atoms with Crippen LogP contribution in [-0.4, -0.2) is 41.7 Å². The van der Waals surface area contributed by atoms with Crippen LogP contribution >= 0.6 is 15.9 Å². The van der Waals surface area contributed by atoms with Crippen molar-refractivity contribution in [3.05, 3.63) is 70.3 Å². The highest BCUT2D eigenvalue weighted by Crippen LogP contribution is 2.37. The predicted molar refractivity (Wildman–Crippen MR) is 128 cm³/mol. The Bertz CT molecular complexity index is 1050. The van der Waals surface area contributed by atoms with E-state index in [0.717, 1.165) is 27.5 Å². The molecule has 31 heavy (non-hydrogen) atoms. The first-order chi connectivity index (χ1) is 15.2. The smallest absolute Gasteiger partial charge is 0.256 e. The average molecular weight is 481 g/mol. The molecule has 0 bridgehead atoms. The van der Waals surface area contributed by atoms with Crippen molar-refractivity contribution in [3.63, 3.8) is 0 Å². The fraction of sp³-hybridized carbons (Fsp3) is 0.423. The third kappa shape index (κ3) is 4.44. The van der Waals surface area contributed by atoms with Gasteiger partial charge < -0.3 is 14.2 Å². The van der Waals surface area contributed by atoms with Crippen LogP contribution in [0.3, 0.4) is 0 Å². The number of hydrogen-bond donors (Lipinski definition) is 0. The molecule has 1 amide bonds. The molecule has 2 aliphatic rings. The highest BCUT2D eigenvalue weighted by atomic mass is 79.9. The molecule has 0 unspecified atom stereocenters. The van der Waals surface area contributed by atoms with Gasteiger partial charge in [-0.05, 0) is 55.2 Å². The van der Waals surface area contributed by atoms with E-state index in [9.17, 15) is 4.79 Å². The number of amides is 1. The van der Waals surface area contributed by atoms with Crippen molar-refractivity contribution in [2.24, 2.45) is 5.92 Å². The van der Waals surface area contributed by atoms with E-state index < -0.39 is 0 Å². The van der Waals surface area contributed by atoms with E-state index in [4.69, 9.17) is 4.74 Å². The molecule has 2 heterocycles. The predicted octanol–water partition coefficient (Wildman–Crippen LogP) is 5.85. The van der Waals surface area contributed by atoms with Gasteiger partial charge in [0.2, 0.25) is 0 Å². The van der Waals surface area contributed by atoms with E-state index >= 15 is 0 Å². The molecule has 0 atom stereocenters. The SMILES string of the molecule is O=C(c1cn(CC2CCC(c3ccccc3)CC2)c2cc(Br)ccc12)N1CCOCC1. The molecule has 2 aromatic carbocycles. The number of fused-ring (bicyclic) bond motifs is 1. The Morgan fingerprint density at radius 1 is 1.00 bits per heavy atom. The van der Waals surface area contributed by atoms with Gasteiger partial charge in [0.1, 0.15) is 0 Å². The second kappa shape index (κ2) is 9.17. The summed E-state index contributed by atoms with van der Waals surface area (Å²) in [6.07, 6.45) is 7.06. The Morgan fingerprint density at radius 3 is 2.48 bits per heavy atom. The molecule has 0 spiro atoms. The summed E-state index contributed by atoms with van der Waals surface area (Å²) >= 11 is 3.62. The lowest BCUT2D eigenvalue weighted by Gasteiger charge is -2.29. The van der Waals surface area contributed by atoms with Crippen LogP contribution in [-0.2, 0) is 11.3 Å². The Balaban J connectivity index is 1.35. The normalized spacial score (nSPS) is 22.0. The largest absolute Gasteiger partial charge is 0.378 e. The summed E-state index contributed by atoms with van der Waals surface area (Å²) in [5.74, 6) is 1.47. The van der Waals surface area contributed by atoms with Gasteiger partial charge in [0.15, 0.2) is 0 Å². The lowest BCUT2D eigenvalue weighted by Crippen LogP contribution is -2.40. The van der Waals surface area contributed by atoms with E-state index in [-0.39, 0.29) is 5.91 Å². The molecule has 4 nitrogen and oxygen atoms in total. The molecule has 0 N–H and O–H groups in total. The molecule has 0 radical (unpaired) electrons. The maximum absolute atomic E-state index is 13.2. The molecule has 1 saturated heterocycles. The van der Waals surface area contributed by atoms with Gasteiger partial charge >= 0.3 is 0 Å². The van der Waals surface area contributed by atoms with E-state index in [1.54, 1.807) is 0 Å². The van der Waals surface area contributed by atoms with Gasteiger partial charge in [-0.1, -0.05) is 52.3 Å². The molecule has 3 aromatic rings. The van der Waals surface area contributed by atoms with Gasteiger partial charge in [-0.25, -0.2) is 0 Å². The highest BCUT2D eigenvalue weighted by Gasteiger charge is 2.26. The number of carbonyl (C=O) groups excluding carboxylic acids is 1. The van der Waals surface area contributed by atoms with Gasteiger partial charge in [0.05, 0.1) is 18.8 Å². The van der Waals surface area contributed by atoms with Crippen LogP contribution in [0, 0.1) is 5.92 Å². The van der Waals surface area contributed by atoms with E-state index in [1.807, 2.05) is 11.0 Å². The summed E-state index contributed by atoms with van der Waals surface area (Å²) in [5.41, 5.74) is 3.45. The molecule has 1 aromatic heterocycles. The number of aromatic nitrogens is 1. The fourth-order valence-electron chi connectivity index (χ4n) is 5.21. The lowest BCUT2D eigenvalue weighted by molar-refractivity contribution is 0.0304. The first-order valence-electron chi connectivity index (χ1n) is 11.4. The Morgan fingerprint density at radius 2 is 1.74 bits per heavy atom. The van der Waals surface area contributed by atoms with Crippen molar-refractivity contribution >= 4 is 32.7 Å². The number of ether oxygens (including phenoxy) is 1. The van der Waals surface area contributed by atoms with E-state index in [0.29, 0.717) is 38.1 Å². The summed E-state index contributed by atoms with van der Waals surface area (Å²) in [6, 6.07) is 17.2. The van der Waals surface area contributed by atoms with Crippen molar-refractivity contribution in [1.29, 1.82) is 0 Å². The molecular formula is C26H29BrN2O2. The lowest BCUT2D eigenvalue weighted by atomic mass is 9.78. The zero-order valence-corrected chi connectivity index (χ0v) is 19.4. The quantitative estimate of drug-likeness (QED) is 0.469. The Kier molecular flexibility index (Phi) is 6.15. The summed E-state index contributed by atoms with van der Waals surface area (Å²) < 4.78 is 8.80. The minimum Gasteiger partial charge on any atom is -0.378 e. The van der Waals surface area contributed by atoms with Crippen molar-refractivity contribution in [2.45, 2.75) is 38.1 Å². The number of nitrogens with zero attached hydrogens (tertiary/aromatic N) is 2. The van der Waals surface area contributed by atoms with Crippen molar-refractivity contribution in [3.8, 4) is 0 Å². The minimum absolute atomic E-state index is 0.127. The summed E-state index contributed by atoms with van der Waals surface area (Å²) in [4.78, 5) is 15.2. The molecule has 5 rings (SSSR count). The van der Waals surface area contributed by atoms with Gasteiger partial charge in [-0.15, -0.1) is 0 Å². The molecule has 162 valence electrons. The number of carbonyl (C=O) groups is 1.